The van der Waals surface area contributed by atoms with Gasteiger partial charge in [-0.25, -0.2) is 0 Å². The molecule has 1 saturated heterocycles. The number of amides is 6. The lowest BCUT2D eigenvalue weighted by molar-refractivity contribution is -0.136. The van der Waals surface area contributed by atoms with E-state index < -0.39 is 35.6 Å². The van der Waals surface area contributed by atoms with Gasteiger partial charge in [0.2, 0.25) is 17.7 Å². The van der Waals surface area contributed by atoms with Crippen LogP contribution in [0.2, 0.25) is 0 Å². The first-order valence-electron chi connectivity index (χ1n) is 18.0. The topological polar surface area (TPSA) is 201 Å². The van der Waals surface area contributed by atoms with Crippen LogP contribution >= 0.6 is 0 Å². The Labute approximate surface area is 321 Å². The Morgan fingerprint density at radius 3 is 2.39 bits per heavy atom. The van der Waals surface area contributed by atoms with E-state index in [0.717, 1.165) is 27.1 Å². The van der Waals surface area contributed by atoms with Crippen LogP contribution in [0.5, 0.6) is 0 Å². The van der Waals surface area contributed by atoms with Crippen LogP contribution in [0.15, 0.2) is 97.2 Å². The number of rotatable bonds is 13. The molecule has 4 aromatic carbocycles. The zero-order chi connectivity index (χ0) is 39.5. The number of hydrogen-bond donors (Lipinski definition) is 4. The van der Waals surface area contributed by atoms with Crippen LogP contribution in [0.4, 0.5) is 17.1 Å². The van der Waals surface area contributed by atoms with E-state index in [1.54, 1.807) is 36.2 Å². The number of aromatic nitrogens is 1. The second kappa shape index (κ2) is 15.6. The molecule has 0 radical (unpaired) electrons. The van der Waals surface area contributed by atoms with E-state index in [1.165, 1.54) is 12.3 Å². The van der Waals surface area contributed by atoms with Crippen molar-refractivity contribution in [3.05, 3.63) is 119 Å². The fourth-order valence-corrected chi connectivity index (χ4v) is 7.00. The van der Waals surface area contributed by atoms with E-state index in [0.29, 0.717) is 28.9 Å². The molecule has 14 heteroatoms. The number of imide groups is 2. The van der Waals surface area contributed by atoms with Crippen molar-refractivity contribution in [3.63, 3.8) is 0 Å². The molecular formula is C42H37N7O7. The molecule has 0 spiro atoms. The second-order valence-corrected chi connectivity index (χ2v) is 13.6. The first kappa shape index (κ1) is 37.1. The number of primary amides is 1. The third kappa shape index (κ3) is 7.44. The van der Waals surface area contributed by atoms with Crippen molar-refractivity contribution in [3.8, 4) is 11.1 Å². The lowest BCUT2D eigenvalue weighted by Crippen LogP contribution is -2.54. The number of piperidine rings is 1. The van der Waals surface area contributed by atoms with E-state index >= 15 is 0 Å². The number of para-hydroxylation sites is 1. The normalized spacial score (nSPS) is 15.0. The zero-order valence-corrected chi connectivity index (χ0v) is 30.3. The van der Waals surface area contributed by atoms with Gasteiger partial charge in [-0.05, 0) is 54.3 Å². The molecule has 1 aromatic heterocycles. The maximum atomic E-state index is 13.4. The maximum Gasteiger partial charge on any atom is 0.264 e. The van der Waals surface area contributed by atoms with Crippen molar-refractivity contribution >= 4 is 69.2 Å². The smallest absolute Gasteiger partial charge is 0.264 e. The minimum atomic E-state index is -1.10. The number of benzene rings is 4. The second-order valence-electron chi connectivity index (χ2n) is 13.6. The number of Topliss-reactive ketones (excluding diaryl/α,β-unsaturated/α-hetero) is 1. The van der Waals surface area contributed by atoms with Crippen molar-refractivity contribution in [1.82, 2.24) is 20.5 Å². The average molecular weight is 752 g/mol. The van der Waals surface area contributed by atoms with Gasteiger partial charge >= 0.3 is 0 Å². The SMILES string of the molecule is CN(CC(=O)NCCCC(=O)c1ccc(-c2ccc3c(Nc4ccccc4)c(C(N)=O)cnc3c2)cc1)c1cccc2c1C(=O)N(C1CCC(=O)NC1=O)C2=O. The van der Waals surface area contributed by atoms with Gasteiger partial charge in [0, 0.05) is 49.3 Å². The van der Waals surface area contributed by atoms with Crippen molar-refractivity contribution in [2.24, 2.45) is 5.73 Å². The van der Waals surface area contributed by atoms with Gasteiger partial charge in [0.05, 0.1) is 40.1 Å². The third-order valence-corrected chi connectivity index (χ3v) is 9.86. The number of nitrogens with one attached hydrogen (secondary N) is 3. The summed E-state index contributed by atoms with van der Waals surface area (Å²) in [6, 6.07) is 26.0. The first-order chi connectivity index (χ1) is 27.0. The predicted molar refractivity (Wildman–Crippen MR) is 208 cm³/mol. The van der Waals surface area contributed by atoms with Crippen LogP contribution in [0.1, 0.15) is 67.1 Å². The Morgan fingerprint density at radius 2 is 1.66 bits per heavy atom. The van der Waals surface area contributed by atoms with Gasteiger partial charge in [0.15, 0.2) is 5.78 Å². The summed E-state index contributed by atoms with van der Waals surface area (Å²) in [5, 5.41) is 9.01. The molecule has 14 nitrogen and oxygen atoms in total. The molecule has 282 valence electrons. The van der Waals surface area contributed by atoms with E-state index in [9.17, 15) is 33.6 Å². The summed E-state index contributed by atoms with van der Waals surface area (Å²) >= 11 is 0. The molecule has 5 aromatic rings. The van der Waals surface area contributed by atoms with Gasteiger partial charge in [-0.3, -0.25) is 48.8 Å². The quantitative estimate of drug-likeness (QED) is 0.0761. The van der Waals surface area contributed by atoms with Gasteiger partial charge in [0.1, 0.15) is 6.04 Å². The number of anilines is 3. The summed E-state index contributed by atoms with van der Waals surface area (Å²) in [7, 11) is 1.61. The highest BCUT2D eigenvalue weighted by molar-refractivity contribution is 6.25. The maximum absolute atomic E-state index is 13.4. The van der Waals surface area contributed by atoms with Crippen LogP contribution in [0.25, 0.3) is 22.0 Å². The Hall–Kier alpha value is -7.22. The Morgan fingerprint density at radius 1 is 0.911 bits per heavy atom. The molecule has 1 fully saturated rings. The van der Waals surface area contributed by atoms with E-state index in [-0.39, 0.29) is 60.7 Å². The summed E-state index contributed by atoms with van der Waals surface area (Å²) in [5.74, 6) is -3.47. The van der Waals surface area contributed by atoms with E-state index in [1.807, 2.05) is 60.7 Å². The third-order valence-electron chi connectivity index (χ3n) is 9.86. The molecule has 0 bridgehead atoms. The molecule has 2 aliphatic rings. The fraction of sp³-hybridized carbons (Fsp3) is 0.190. The van der Waals surface area contributed by atoms with Crippen LogP contribution in [0, 0.1) is 0 Å². The lowest BCUT2D eigenvalue weighted by Gasteiger charge is -2.28. The summed E-state index contributed by atoms with van der Waals surface area (Å²) < 4.78 is 0. The van der Waals surface area contributed by atoms with Gasteiger partial charge < -0.3 is 21.3 Å². The summed E-state index contributed by atoms with van der Waals surface area (Å²) in [4.78, 5) is 95.7. The van der Waals surface area contributed by atoms with Crippen molar-refractivity contribution in [1.29, 1.82) is 0 Å². The monoisotopic (exact) mass is 751 g/mol. The minimum Gasteiger partial charge on any atom is -0.365 e. The van der Waals surface area contributed by atoms with Gasteiger partial charge in [-0.1, -0.05) is 60.7 Å². The van der Waals surface area contributed by atoms with Crippen molar-refractivity contribution in [2.45, 2.75) is 31.7 Å². The van der Waals surface area contributed by atoms with Gasteiger partial charge in [-0.2, -0.15) is 0 Å². The first-order valence-corrected chi connectivity index (χ1v) is 18.0. The number of hydrogen-bond acceptors (Lipinski definition) is 10. The van der Waals surface area contributed by atoms with E-state index in [2.05, 4.69) is 20.9 Å². The molecule has 5 N–H and O–H groups in total. The number of fused-ring (bicyclic) bond motifs is 2. The highest BCUT2D eigenvalue weighted by Gasteiger charge is 2.46. The van der Waals surface area contributed by atoms with Crippen LogP contribution in [-0.2, 0) is 14.4 Å². The van der Waals surface area contributed by atoms with E-state index in [4.69, 9.17) is 5.73 Å². The number of pyridine rings is 1. The highest BCUT2D eigenvalue weighted by atomic mass is 16.2. The number of carbonyl (C=O) groups is 7. The Balaban J connectivity index is 0.927. The molecule has 1 atom stereocenters. The van der Waals surface area contributed by atoms with Gasteiger partial charge in [0.25, 0.3) is 17.7 Å². The van der Waals surface area contributed by atoms with Crippen molar-refractivity contribution < 1.29 is 33.6 Å². The minimum absolute atomic E-state index is 0.0114. The Kier molecular flexibility index (Phi) is 10.4. The number of nitrogens with zero attached hydrogens (tertiary/aromatic N) is 3. The van der Waals surface area contributed by atoms with Crippen LogP contribution < -0.4 is 26.6 Å². The molecule has 7 rings (SSSR count). The van der Waals surface area contributed by atoms with Crippen molar-refractivity contribution in [2.75, 3.05) is 30.4 Å². The molecule has 0 aliphatic carbocycles. The molecule has 6 amide bonds. The highest BCUT2D eigenvalue weighted by Crippen LogP contribution is 2.35. The van der Waals surface area contributed by atoms with Crippen LogP contribution in [-0.4, -0.2) is 77.3 Å². The predicted octanol–water partition coefficient (Wildman–Crippen LogP) is 4.36. The number of ketones is 1. The number of carbonyl (C=O) groups excluding carboxylic acids is 7. The standard InChI is InChI=1S/C42H37N7O7/c1-48(32-10-5-9-29-37(32)42(56)49(41(29)55)33-18-19-35(51)47-40(33)54)23-36(52)44-20-6-11-34(50)25-14-12-24(13-15-25)26-16-17-28-31(21-26)45-22-30(39(43)53)38(28)46-27-7-3-2-4-8-27/h2-5,7-10,12-17,21-22,33H,6,11,18-20,23H2,1H3,(H2,43,53)(H,44,52)(H,45,46)(H,47,51,54). The zero-order valence-electron chi connectivity index (χ0n) is 30.3. The van der Waals surface area contributed by atoms with Gasteiger partial charge in [-0.15, -0.1) is 0 Å². The molecule has 1 unspecified atom stereocenters. The summed E-state index contributed by atoms with van der Waals surface area (Å²) in [6.07, 6.45) is 2.11. The summed E-state index contributed by atoms with van der Waals surface area (Å²) in [6.45, 7) is 0.111. The largest absolute Gasteiger partial charge is 0.365 e. The molecule has 2 aliphatic heterocycles. The number of nitrogens with two attached hydrogens (primary N) is 1. The van der Waals surface area contributed by atoms with Crippen LogP contribution in [0.3, 0.4) is 0 Å². The molecule has 3 heterocycles. The molecule has 0 saturated carbocycles. The number of likely N-dealkylation sites (N-methyl/N-ethyl adjacent to an activating group) is 1. The molecular weight excluding hydrogens is 715 g/mol. The Bertz CT molecular complexity index is 2430. The average Bonchev–Trinajstić information content (AvgIpc) is 3.45. The fourth-order valence-electron chi connectivity index (χ4n) is 7.00. The molecule has 56 heavy (non-hydrogen) atoms. The summed E-state index contributed by atoms with van der Waals surface area (Å²) in [5.41, 5.74) is 10.8. The lowest BCUT2D eigenvalue weighted by atomic mass is 9.99.